The van der Waals surface area contributed by atoms with Gasteiger partial charge in [-0.25, -0.2) is 0 Å². The number of aromatic nitrogens is 1. The van der Waals surface area contributed by atoms with Gasteiger partial charge < -0.3 is 9.47 Å². The van der Waals surface area contributed by atoms with E-state index in [9.17, 15) is 0 Å². The fourth-order valence-electron chi connectivity index (χ4n) is 9.14. The first-order valence-electron chi connectivity index (χ1n) is 20.8. The van der Waals surface area contributed by atoms with Crippen molar-refractivity contribution >= 4 is 81.1 Å². The van der Waals surface area contributed by atoms with Gasteiger partial charge in [-0.05, 0) is 129 Å². The second-order valence-electron chi connectivity index (χ2n) is 15.8. The van der Waals surface area contributed by atoms with Gasteiger partial charge in [-0.1, -0.05) is 146 Å². The Kier molecular flexibility index (Phi) is 8.39. The lowest BCUT2D eigenvalue weighted by Crippen LogP contribution is -2.09. The first-order valence-corrected chi connectivity index (χ1v) is 21.6. The quantitative estimate of drug-likeness (QED) is 0.156. The van der Waals surface area contributed by atoms with Gasteiger partial charge >= 0.3 is 0 Å². The number of anilines is 3. The summed E-state index contributed by atoms with van der Waals surface area (Å²) < 4.78 is 5.05. The fourth-order valence-corrected chi connectivity index (χ4v) is 10.2. The maximum atomic E-state index is 2.40. The fraction of sp³-hybridized carbons (Fsp3) is 0. The van der Waals surface area contributed by atoms with Crippen molar-refractivity contribution in [1.82, 2.24) is 4.57 Å². The third-order valence-electron chi connectivity index (χ3n) is 12.2. The third-order valence-corrected chi connectivity index (χ3v) is 13.3. The molecule has 2 heterocycles. The lowest BCUT2D eigenvalue weighted by Gasteiger charge is -2.26. The van der Waals surface area contributed by atoms with Crippen molar-refractivity contribution in [3.05, 3.63) is 231 Å². The van der Waals surface area contributed by atoms with Crippen molar-refractivity contribution in [2.24, 2.45) is 0 Å². The van der Waals surface area contributed by atoms with E-state index in [0.29, 0.717) is 0 Å². The predicted octanol–water partition coefficient (Wildman–Crippen LogP) is 16.8. The Bertz CT molecular complexity index is 3560. The third kappa shape index (κ3) is 6.18. The second-order valence-corrected chi connectivity index (χ2v) is 16.9. The molecule has 0 amide bonds. The van der Waals surface area contributed by atoms with Crippen LogP contribution in [0, 0.1) is 0 Å². The molecule has 61 heavy (non-hydrogen) atoms. The molecule has 3 heteroatoms. The Balaban J connectivity index is 0.917. The van der Waals surface area contributed by atoms with E-state index >= 15 is 0 Å². The largest absolute Gasteiger partial charge is 0.311 e. The number of thiophene rings is 1. The van der Waals surface area contributed by atoms with Crippen LogP contribution in [0.3, 0.4) is 0 Å². The van der Waals surface area contributed by atoms with Crippen molar-refractivity contribution in [3.8, 4) is 39.1 Å². The monoisotopic (exact) mass is 794 g/mol. The van der Waals surface area contributed by atoms with E-state index in [4.69, 9.17) is 0 Å². The molecule has 0 aliphatic heterocycles. The summed E-state index contributed by atoms with van der Waals surface area (Å²) in [5.41, 5.74) is 14.1. The van der Waals surface area contributed by atoms with E-state index in [-0.39, 0.29) is 0 Å². The summed E-state index contributed by atoms with van der Waals surface area (Å²) >= 11 is 1.86. The summed E-state index contributed by atoms with van der Waals surface area (Å²) in [7, 11) is 0. The van der Waals surface area contributed by atoms with Crippen LogP contribution in [0.15, 0.2) is 231 Å². The molecule has 0 radical (unpaired) electrons. The number of nitrogens with zero attached hydrogens (tertiary/aromatic N) is 2. The minimum absolute atomic E-state index is 1.10. The highest BCUT2D eigenvalue weighted by atomic mass is 32.1. The SMILES string of the molecule is c1ccc(-c2ccc(N(c3ccc(-c4ccc5sc6ccccc6c5c4)cc3)c3ccc(-c4ccc5c(c4)c4ccccc4n5-c4ccc5ccccc5c4)cc3)cc2)cc1. The Hall–Kier alpha value is -7.72. The number of benzene rings is 10. The first kappa shape index (κ1) is 35.2. The molecule has 0 N–H and O–H groups in total. The Morgan fingerprint density at radius 1 is 0.295 bits per heavy atom. The van der Waals surface area contributed by atoms with Gasteiger partial charge in [0.15, 0.2) is 0 Å². The maximum absolute atomic E-state index is 2.40. The van der Waals surface area contributed by atoms with Gasteiger partial charge in [0, 0.05) is 53.7 Å². The summed E-state index contributed by atoms with van der Waals surface area (Å²) in [5, 5.41) is 7.63. The molecule has 12 rings (SSSR count). The Morgan fingerprint density at radius 3 is 1.49 bits per heavy atom. The molecule has 0 saturated carbocycles. The van der Waals surface area contributed by atoms with Crippen molar-refractivity contribution in [2.75, 3.05) is 4.90 Å². The van der Waals surface area contributed by atoms with Gasteiger partial charge in [0.2, 0.25) is 0 Å². The average molecular weight is 795 g/mol. The van der Waals surface area contributed by atoms with Gasteiger partial charge in [0.1, 0.15) is 0 Å². The molecule has 0 fully saturated rings. The lowest BCUT2D eigenvalue weighted by molar-refractivity contribution is 1.19. The highest BCUT2D eigenvalue weighted by Crippen LogP contribution is 2.41. The van der Waals surface area contributed by atoms with Crippen LogP contribution in [0.25, 0.3) is 91.8 Å². The van der Waals surface area contributed by atoms with Gasteiger partial charge in [0.05, 0.1) is 11.0 Å². The zero-order chi connectivity index (χ0) is 40.3. The Labute approximate surface area is 358 Å². The molecule has 286 valence electrons. The van der Waals surface area contributed by atoms with Crippen LogP contribution in [0.4, 0.5) is 17.1 Å². The molecule has 2 nitrogen and oxygen atoms in total. The van der Waals surface area contributed by atoms with Crippen LogP contribution in [-0.4, -0.2) is 4.57 Å². The van der Waals surface area contributed by atoms with Gasteiger partial charge in [-0.15, -0.1) is 11.3 Å². The number of rotatable bonds is 7. The second kappa shape index (κ2) is 14.5. The average Bonchev–Trinajstić information content (AvgIpc) is 3.87. The van der Waals surface area contributed by atoms with Gasteiger partial charge in [0.25, 0.3) is 0 Å². The van der Waals surface area contributed by atoms with E-state index < -0.39 is 0 Å². The summed E-state index contributed by atoms with van der Waals surface area (Å²) in [6.07, 6.45) is 0. The minimum atomic E-state index is 1.10. The minimum Gasteiger partial charge on any atom is -0.311 e. The Morgan fingerprint density at radius 2 is 0.787 bits per heavy atom. The standard InChI is InChI=1S/C58H38N2S/c1-2-10-39(11-3-1)41-18-27-47(28-19-41)59(49-31-22-43(23-32-49)46-26-35-58-54(38-46)52-15-7-9-17-57(52)61-58)48-29-20-42(21-30-48)45-25-34-56-53(37-45)51-14-6-8-16-55(51)60(56)50-33-24-40-12-4-5-13-44(40)36-50/h1-38H. The van der Waals surface area contributed by atoms with Crippen LogP contribution in [0.1, 0.15) is 0 Å². The van der Waals surface area contributed by atoms with E-state index in [1.165, 1.54) is 91.8 Å². The normalized spacial score (nSPS) is 11.6. The van der Waals surface area contributed by atoms with E-state index in [1.807, 2.05) is 11.3 Å². The summed E-state index contributed by atoms with van der Waals surface area (Å²) in [6, 6.07) is 84.2. The summed E-state index contributed by atoms with van der Waals surface area (Å²) in [5.74, 6) is 0. The molecule has 10 aromatic carbocycles. The molecule has 0 atom stereocenters. The van der Waals surface area contributed by atoms with Crippen LogP contribution in [0.5, 0.6) is 0 Å². The van der Waals surface area contributed by atoms with E-state index in [2.05, 4.69) is 240 Å². The zero-order valence-electron chi connectivity index (χ0n) is 33.2. The first-order chi connectivity index (χ1) is 30.2. The molecular weight excluding hydrogens is 757 g/mol. The number of fused-ring (bicyclic) bond motifs is 7. The van der Waals surface area contributed by atoms with Crippen LogP contribution in [-0.2, 0) is 0 Å². The van der Waals surface area contributed by atoms with Gasteiger partial charge in [-0.2, -0.15) is 0 Å². The van der Waals surface area contributed by atoms with Gasteiger partial charge in [-0.3, -0.25) is 0 Å². The molecule has 0 aliphatic carbocycles. The van der Waals surface area contributed by atoms with E-state index in [1.54, 1.807) is 0 Å². The highest BCUT2D eigenvalue weighted by molar-refractivity contribution is 7.25. The number of hydrogen-bond acceptors (Lipinski definition) is 2. The number of para-hydroxylation sites is 1. The summed E-state index contributed by atoms with van der Waals surface area (Å²) in [6.45, 7) is 0. The lowest BCUT2D eigenvalue weighted by atomic mass is 10.0. The zero-order valence-corrected chi connectivity index (χ0v) is 34.1. The van der Waals surface area contributed by atoms with Crippen LogP contribution < -0.4 is 4.90 Å². The van der Waals surface area contributed by atoms with Crippen molar-refractivity contribution < 1.29 is 0 Å². The molecular formula is C58H38N2S. The number of hydrogen-bond donors (Lipinski definition) is 0. The van der Waals surface area contributed by atoms with Crippen molar-refractivity contribution in [2.45, 2.75) is 0 Å². The van der Waals surface area contributed by atoms with Crippen LogP contribution in [0.2, 0.25) is 0 Å². The maximum Gasteiger partial charge on any atom is 0.0541 e. The summed E-state index contributed by atoms with van der Waals surface area (Å²) in [4.78, 5) is 2.36. The molecule has 0 spiro atoms. The van der Waals surface area contributed by atoms with Crippen LogP contribution >= 0.6 is 11.3 Å². The topological polar surface area (TPSA) is 8.17 Å². The van der Waals surface area contributed by atoms with Crippen molar-refractivity contribution in [3.63, 3.8) is 0 Å². The molecule has 0 unspecified atom stereocenters. The molecule has 0 saturated heterocycles. The molecule has 12 aromatic rings. The highest BCUT2D eigenvalue weighted by Gasteiger charge is 2.17. The molecule has 2 aromatic heterocycles. The van der Waals surface area contributed by atoms with E-state index in [0.717, 1.165) is 17.1 Å². The predicted molar refractivity (Wildman–Crippen MR) is 262 cm³/mol. The van der Waals surface area contributed by atoms with Crippen molar-refractivity contribution in [1.29, 1.82) is 0 Å². The molecule has 0 aliphatic rings. The molecule has 0 bridgehead atoms. The smallest absolute Gasteiger partial charge is 0.0541 e.